The molecule has 1 aliphatic heterocycles. The van der Waals surface area contributed by atoms with Crippen LogP contribution in [0.15, 0.2) is 36.4 Å². The Morgan fingerprint density at radius 3 is 2.63 bits per heavy atom. The van der Waals surface area contributed by atoms with Crippen molar-refractivity contribution < 1.29 is 19.1 Å². The van der Waals surface area contributed by atoms with Gasteiger partial charge in [-0.05, 0) is 11.6 Å². The number of esters is 1. The fourth-order valence-electron chi connectivity index (χ4n) is 1.72. The van der Waals surface area contributed by atoms with Gasteiger partial charge >= 0.3 is 5.97 Å². The third kappa shape index (κ3) is 3.29. The summed E-state index contributed by atoms with van der Waals surface area (Å²) in [6.45, 7) is 3.44. The number of ketones is 1. The lowest BCUT2D eigenvalue weighted by molar-refractivity contribution is -0.173. The summed E-state index contributed by atoms with van der Waals surface area (Å²) >= 11 is 0. The topological polar surface area (TPSA) is 52.6 Å². The van der Waals surface area contributed by atoms with E-state index in [1.54, 1.807) is 13.8 Å². The van der Waals surface area contributed by atoms with Gasteiger partial charge in [-0.1, -0.05) is 44.2 Å². The maximum Gasteiger partial charge on any atom is 0.310 e. The maximum absolute atomic E-state index is 11.7. The zero-order chi connectivity index (χ0) is 13.8. The SMILES string of the molecule is CC(C)C(=O)O[C@H]1OCC(=O)C=C1c1ccccc1. The van der Waals surface area contributed by atoms with Crippen LogP contribution >= 0.6 is 0 Å². The summed E-state index contributed by atoms with van der Waals surface area (Å²) in [7, 11) is 0. The predicted octanol–water partition coefficient (Wildman–Crippen LogP) is 2.19. The molecule has 0 saturated heterocycles. The molecule has 0 N–H and O–H groups in total. The molecular weight excluding hydrogens is 244 g/mol. The molecule has 19 heavy (non-hydrogen) atoms. The van der Waals surface area contributed by atoms with Gasteiger partial charge in [0.2, 0.25) is 6.29 Å². The van der Waals surface area contributed by atoms with E-state index in [2.05, 4.69) is 0 Å². The van der Waals surface area contributed by atoms with E-state index in [1.165, 1.54) is 6.08 Å². The molecule has 0 aromatic heterocycles. The minimum Gasteiger partial charge on any atom is -0.431 e. The molecule has 4 heteroatoms. The van der Waals surface area contributed by atoms with Gasteiger partial charge in [0.1, 0.15) is 6.61 Å². The van der Waals surface area contributed by atoms with Gasteiger partial charge in [-0.25, -0.2) is 0 Å². The van der Waals surface area contributed by atoms with Crippen LogP contribution in [0.1, 0.15) is 19.4 Å². The van der Waals surface area contributed by atoms with Crippen molar-refractivity contribution in [3.05, 3.63) is 42.0 Å². The number of carbonyl (C=O) groups excluding carboxylic acids is 2. The van der Waals surface area contributed by atoms with E-state index in [4.69, 9.17) is 9.47 Å². The molecule has 0 fully saturated rings. The van der Waals surface area contributed by atoms with E-state index in [0.717, 1.165) is 5.56 Å². The molecule has 1 aromatic rings. The number of rotatable bonds is 3. The van der Waals surface area contributed by atoms with Crippen molar-refractivity contribution in [3.8, 4) is 0 Å². The molecule has 1 atom stereocenters. The highest BCUT2D eigenvalue weighted by Gasteiger charge is 2.27. The third-order valence-electron chi connectivity index (χ3n) is 2.75. The van der Waals surface area contributed by atoms with E-state index < -0.39 is 6.29 Å². The zero-order valence-corrected chi connectivity index (χ0v) is 11.0. The molecule has 100 valence electrons. The van der Waals surface area contributed by atoms with Gasteiger partial charge < -0.3 is 9.47 Å². The Balaban J connectivity index is 2.25. The fraction of sp³-hybridized carbons (Fsp3) is 0.333. The first-order valence-electron chi connectivity index (χ1n) is 6.20. The van der Waals surface area contributed by atoms with E-state index in [1.807, 2.05) is 30.3 Å². The zero-order valence-electron chi connectivity index (χ0n) is 11.0. The van der Waals surface area contributed by atoms with Gasteiger partial charge in [-0.2, -0.15) is 0 Å². The van der Waals surface area contributed by atoms with Crippen molar-refractivity contribution in [2.75, 3.05) is 6.61 Å². The van der Waals surface area contributed by atoms with Gasteiger partial charge in [0.15, 0.2) is 5.78 Å². The standard InChI is InChI=1S/C15H16O4/c1-10(2)14(17)19-15-13(8-12(16)9-18-15)11-6-4-3-5-7-11/h3-8,10,15H,9H2,1-2H3/t15-/m1/s1. The minimum absolute atomic E-state index is 0.0631. The lowest BCUT2D eigenvalue weighted by Crippen LogP contribution is -2.31. The second-order valence-corrected chi connectivity index (χ2v) is 4.67. The van der Waals surface area contributed by atoms with Crippen LogP contribution in [0.2, 0.25) is 0 Å². The van der Waals surface area contributed by atoms with Gasteiger partial charge in [0.05, 0.1) is 5.92 Å². The van der Waals surface area contributed by atoms with Gasteiger partial charge in [0.25, 0.3) is 0 Å². The van der Waals surface area contributed by atoms with Crippen LogP contribution in [0, 0.1) is 5.92 Å². The summed E-state index contributed by atoms with van der Waals surface area (Å²) in [5, 5.41) is 0. The molecule has 0 saturated carbocycles. The van der Waals surface area contributed by atoms with E-state index in [0.29, 0.717) is 5.57 Å². The van der Waals surface area contributed by atoms with Crippen LogP contribution in [-0.4, -0.2) is 24.6 Å². The highest BCUT2D eigenvalue weighted by atomic mass is 16.7. The Hall–Kier alpha value is -1.94. The number of carbonyl (C=O) groups is 2. The molecule has 1 aliphatic rings. The molecule has 1 aromatic carbocycles. The first-order chi connectivity index (χ1) is 9.08. The number of hydrogen-bond donors (Lipinski definition) is 0. The predicted molar refractivity (Wildman–Crippen MR) is 70.1 cm³/mol. The summed E-state index contributed by atoms with van der Waals surface area (Å²) in [4.78, 5) is 23.1. The molecule has 0 amide bonds. The lowest BCUT2D eigenvalue weighted by Gasteiger charge is -2.25. The quantitative estimate of drug-likeness (QED) is 0.782. The molecule has 0 aliphatic carbocycles. The average molecular weight is 260 g/mol. The highest BCUT2D eigenvalue weighted by Crippen LogP contribution is 2.25. The van der Waals surface area contributed by atoms with Crippen molar-refractivity contribution in [1.29, 1.82) is 0 Å². The van der Waals surface area contributed by atoms with Crippen molar-refractivity contribution in [3.63, 3.8) is 0 Å². The van der Waals surface area contributed by atoms with Crippen molar-refractivity contribution in [2.24, 2.45) is 5.92 Å². The van der Waals surface area contributed by atoms with Gasteiger partial charge in [-0.15, -0.1) is 0 Å². The molecule has 0 radical (unpaired) electrons. The number of hydrogen-bond acceptors (Lipinski definition) is 4. The summed E-state index contributed by atoms with van der Waals surface area (Å²) in [5.41, 5.74) is 1.41. The lowest BCUT2D eigenvalue weighted by atomic mass is 10.0. The summed E-state index contributed by atoms with van der Waals surface area (Å²) in [6, 6.07) is 9.30. The van der Waals surface area contributed by atoms with Crippen molar-refractivity contribution >= 4 is 17.3 Å². The Morgan fingerprint density at radius 1 is 1.32 bits per heavy atom. The van der Waals surface area contributed by atoms with E-state index >= 15 is 0 Å². The maximum atomic E-state index is 11.7. The molecule has 1 heterocycles. The normalized spacial score (nSPS) is 19.2. The monoisotopic (exact) mass is 260 g/mol. The number of ether oxygens (including phenoxy) is 2. The van der Waals surface area contributed by atoms with Crippen LogP contribution < -0.4 is 0 Å². The third-order valence-corrected chi connectivity index (χ3v) is 2.75. The highest BCUT2D eigenvalue weighted by molar-refractivity contribution is 5.99. The Kier molecular flexibility index (Phi) is 4.12. The summed E-state index contributed by atoms with van der Waals surface area (Å²) in [6.07, 6.45) is 0.673. The van der Waals surface area contributed by atoms with Crippen LogP contribution in [0.5, 0.6) is 0 Å². The summed E-state index contributed by atoms with van der Waals surface area (Å²) in [5.74, 6) is -0.713. The summed E-state index contributed by atoms with van der Waals surface area (Å²) < 4.78 is 10.6. The number of benzene rings is 1. The molecule has 0 unspecified atom stereocenters. The molecular formula is C15H16O4. The largest absolute Gasteiger partial charge is 0.431 e. The molecule has 0 spiro atoms. The Morgan fingerprint density at radius 2 is 2.00 bits per heavy atom. The van der Waals surface area contributed by atoms with Gasteiger partial charge in [-0.3, -0.25) is 9.59 Å². The Bertz CT molecular complexity index is 502. The molecule has 0 bridgehead atoms. The van der Waals surface area contributed by atoms with Crippen LogP contribution in [0.3, 0.4) is 0 Å². The van der Waals surface area contributed by atoms with Crippen LogP contribution in [-0.2, 0) is 19.1 Å². The van der Waals surface area contributed by atoms with Crippen LogP contribution in [0.25, 0.3) is 5.57 Å². The first kappa shape index (κ1) is 13.5. The van der Waals surface area contributed by atoms with E-state index in [-0.39, 0.29) is 24.3 Å². The van der Waals surface area contributed by atoms with Gasteiger partial charge in [0, 0.05) is 5.57 Å². The smallest absolute Gasteiger partial charge is 0.310 e. The van der Waals surface area contributed by atoms with E-state index in [9.17, 15) is 9.59 Å². The second-order valence-electron chi connectivity index (χ2n) is 4.67. The average Bonchev–Trinajstić information content (AvgIpc) is 2.41. The fourth-order valence-corrected chi connectivity index (χ4v) is 1.72. The Labute approximate surface area is 112 Å². The second kappa shape index (κ2) is 5.80. The van der Waals surface area contributed by atoms with Crippen molar-refractivity contribution in [2.45, 2.75) is 20.1 Å². The molecule has 4 nitrogen and oxygen atoms in total. The first-order valence-corrected chi connectivity index (χ1v) is 6.20. The van der Waals surface area contributed by atoms with Crippen LogP contribution in [0.4, 0.5) is 0 Å². The minimum atomic E-state index is -0.810. The molecule has 2 rings (SSSR count). The van der Waals surface area contributed by atoms with Crippen molar-refractivity contribution in [1.82, 2.24) is 0 Å².